The van der Waals surface area contributed by atoms with Gasteiger partial charge in [-0.2, -0.15) is 0 Å². The summed E-state index contributed by atoms with van der Waals surface area (Å²) in [7, 11) is -1.78. The number of aryl methyl sites for hydroxylation is 3. The van der Waals surface area contributed by atoms with Gasteiger partial charge in [0, 0.05) is 45.2 Å². The number of imidazole rings is 1. The summed E-state index contributed by atoms with van der Waals surface area (Å²) in [4.78, 5) is 7.38. The average Bonchev–Trinajstić information content (AvgIpc) is 3.27. The lowest BCUT2D eigenvalue weighted by atomic mass is 10.1. The van der Waals surface area contributed by atoms with Crippen LogP contribution in [0, 0.1) is 5.41 Å². The maximum absolute atomic E-state index is 13.8. The Labute approximate surface area is 229 Å². The van der Waals surface area contributed by atoms with E-state index in [2.05, 4.69) is 9.47 Å². The van der Waals surface area contributed by atoms with Crippen molar-refractivity contribution in [1.29, 1.82) is 5.41 Å². The number of ether oxygens (including phenoxy) is 1. The summed E-state index contributed by atoms with van der Waals surface area (Å²) < 4.78 is 36.6. The number of nitrogen functional groups attached to an aromatic ring is 1. The number of sulfonamides is 1. The van der Waals surface area contributed by atoms with Crippen LogP contribution in [0.4, 0.5) is 5.69 Å². The number of amidine groups is 1. The molecule has 0 radical (unpaired) electrons. The summed E-state index contributed by atoms with van der Waals surface area (Å²) in [6, 6.07) is 22.0. The molecule has 0 bridgehead atoms. The minimum Gasteiger partial charge on any atom is -0.384 e. The van der Waals surface area contributed by atoms with Crippen molar-refractivity contribution in [2.45, 2.75) is 17.7 Å². The molecule has 0 atom stereocenters. The number of morpholine rings is 1. The number of nitrogens with two attached hydrogens (primary N) is 1. The second-order valence-corrected chi connectivity index (χ2v) is 11.6. The van der Waals surface area contributed by atoms with Crippen LogP contribution in [0.3, 0.4) is 0 Å². The van der Waals surface area contributed by atoms with Crippen molar-refractivity contribution >= 4 is 32.6 Å². The van der Waals surface area contributed by atoms with Crippen LogP contribution in [0.5, 0.6) is 0 Å². The highest BCUT2D eigenvalue weighted by Crippen LogP contribution is 2.28. The molecule has 39 heavy (non-hydrogen) atoms. The lowest BCUT2D eigenvalue weighted by Crippen LogP contribution is -2.43. The van der Waals surface area contributed by atoms with E-state index >= 15 is 0 Å². The van der Waals surface area contributed by atoms with Crippen molar-refractivity contribution in [3.8, 4) is 0 Å². The Kier molecular flexibility index (Phi) is 7.97. The fourth-order valence-electron chi connectivity index (χ4n) is 4.89. The Morgan fingerprint density at radius 3 is 2.44 bits per heavy atom. The van der Waals surface area contributed by atoms with E-state index in [9.17, 15) is 8.42 Å². The zero-order valence-electron chi connectivity index (χ0n) is 22.1. The third-order valence-corrected chi connectivity index (χ3v) is 9.04. The number of nitrogens with zero attached hydrogens (tertiary/aromatic N) is 4. The van der Waals surface area contributed by atoms with Crippen molar-refractivity contribution in [2.24, 2.45) is 12.8 Å². The van der Waals surface area contributed by atoms with Gasteiger partial charge >= 0.3 is 0 Å². The number of hydrogen-bond donors (Lipinski definition) is 2. The van der Waals surface area contributed by atoms with Crippen molar-refractivity contribution < 1.29 is 13.2 Å². The van der Waals surface area contributed by atoms with Gasteiger partial charge < -0.3 is 15.0 Å². The van der Waals surface area contributed by atoms with Crippen LogP contribution in [0.25, 0.3) is 11.0 Å². The Bertz CT molecular complexity index is 1550. The molecule has 9 nitrogen and oxygen atoms in total. The number of benzene rings is 3. The van der Waals surface area contributed by atoms with Gasteiger partial charge in [-0.15, -0.1) is 0 Å². The molecule has 3 N–H and O–H groups in total. The summed E-state index contributed by atoms with van der Waals surface area (Å²) in [5.74, 6) is 0.976. The quantitative estimate of drug-likeness (QED) is 0.233. The molecule has 2 heterocycles. The van der Waals surface area contributed by atoms with Crippen LogP contribution >= 0.6 is 0 Å². The van der Waals surface area contributed by atoms with Crippen LogP contribution < -0.4 is 10.0 Å². The van der Waals surface area contributed by atoms with Crippen molar-refractivity contribution in [3.63, 3.8) is 0 Å². The van der Waals surface area contributed by atoms with Crippen molar-refractivity contribution in [3.05, 3.63) is 89.7 Å². The van der Waals surface area contributed by atoms with E-state index in [-0.39, 0.29) is 10.7 Å². The number of rotatable bonds is 10. The third-order valence-electron chi connectivity index (χ3n) is 7.20. The van der Waals surface area contributed by atoms with E-state index in [1.165, 1.54) is 4.31 Å². The number of hydrogen-bond acceptors (Lipinski definition) is 6. The van der Waals surface area contributed by atoms with Gasteiger partial charge in [0.1, 0.15) is 11.7 Å². The Morgan fingerprint density at radius 2 is 1.74 bits per heavy atom. The molecule has 0 amide bonds. The highest BCUT2D eigenvalue weighted by molar-refractivity contribution is 7.92. The molecule has 10 heteroatoms. The number of nitrogens with one attached hydrogen (secondary N) is 1. The average molecular weight is 547 g/mol. The lowest BCUT2D eigenvalue weighted by Gasteiger charge is -2.30. The minimum atomic E-state index is -3.77. The van der Waals surface area contributed by atoms with Gasteiger partial charge in [0.25, 0.3) is 10.0 Å². The molecule has 204 valence electrons. The first-order chi connectivity index (χ1) is 18.8. The number of anilines is 1. The van der Waals surface area contributed by atoms with Gasteiger partial charge in [-0.25, -0.2) is 13.4 Å². The zero-order chi connectivity index (χ0) is 27.4. The molecular weight excluding hydrogens is 512 g/mol. The van der Waals surface area contributed by atoms with Gasteiger partial charge in [-0.1, -0.05) is 42.5 Å². The molecule has 1 aliphatic rings. The van der Waals surface area contributed by atoms with Gasteiger partial charge in [-0.3, -0.25) is 14.6 Å². The molecule has 1 aliphatic heterocycles. The van der Waals surface area contributed by atoms with Crippen LogP contribution in [0.15, 0.2) is 77.7 Å². The monoisotopic (exact) mass is 546 g/mol. The molecule has 5 rings (SSSR count). The second-order valence-electron chi connectivity index (χ2n) is 9.71. The van der Waals surface area contributed by atoms with Gasteiger partial charge in [0.05, 0.1) is 34.8 Å². The van der Waals surface area contributed by atoms with Crippen LogP contribution in [-0.4, -0.2) is 68.1 Å². The highest BCUT2D eigenvalue weighted by atomic mass is 32.2. The summed E-state index contributed by atoms with van der Waals surface area (Å²) >= 11 is 0. The first kappa shape index (κ1) is 26.9. The standard InChI is InChI=1S/C29H34N6O3S/c1-33-27-13-12-24(21-26(27)32-28(33)14-9-22-7-10-23(11-8-22)29(30)31)35(16-15-34-17-19-38-20-18-34)39(36,37)25-5-3-2-4-6-25/h2-8,10-13,21H,9,14-20H2,1H3,(H3,30,31). The fraction of sp³-hybridized carbons (Fsp3) is 0.310. The van der Waals surface area contributed by atoms with E-state index in [0.717, 1.165) is 48.4 Å². The number of aromatic nitrogens is 2. The predicted octanol–water partition coefficient (Wildman–Crippen LogP) is 3.17. The molecule has 1 aromatic heterocycles. The molecule has 0 spiro atoms. The van der Waals surface area contributed by atoms with Gasteiger partial charge in [0.15, 0.2) is 0 Å². The van der Waals surface area contributed by atoms with Crippen molar-refractivity contribution in [1.82, 2.24) is 14.5 Å². The van der Waals surface area contributed by atoms with Gasteiger partial charge in [-0.05, 0) is 42.3 Å². The first-order valence-corrected chi connectivity index (χ1v) is 14.5. The fourth-order valence-corrected chi connectivity index (χ4v) is 6.36. The summed E-state index contributed by atoms with van der Waals surface area (Å²) in [5.41, 5.74) is 9.72. The largest absolute Gasteiger partial charge is 0.384 e. The summed E-state index contributed by atoms with van der Waals surface area (Å²) in [5, 5.41) is 7.56. The minimum absolute atomic E-state index is 0.0565. The lowest BCUT2D eigenvalue weighted by molar-refractivity contribution is 0.0395. The summed E-state index contributed by atoms with van der Waals surface area (Å²) in [6.07, 6.45) is 1.51. The smallest absolute Gasteiger partial charge is 0.264 e. The van der Waals surface area contributed by atoms with Crippen LogP contribution in [-0.2, 0) is 34.6 Å². The maximum atomic E-state index is 13.8. The molecule has 0 unspecified atom stereocenters. The SMILES string of the molecule is Cn1c(CCc2ccc(C(=N)N)cc2)nc2cc(N(CCN3CCOCC3)S(=O)(=O)c3ccccc3)ccc21. The second kappa shape index (κ2) is 11.6. The van der Waals surface area contributed by atoms with E-state index in [0.29, 0.717) is 37.6 Å². The van der Waals surface area contributed by atoms with E-state index < -0.39 is 10.0 Å². The molecule has 4 aromatic rings. The molecule has 0 aliphatic carbocycles. The molecule has 3 aromatic carbocycles. The molecule has 0 saturated carbocycles. The summed E-state index contributed by atoms with van der Waals surface area (Å²) in [6.45, 7) is 3.85. The topological polar surface area (TPSA) is 118 Å². The van der Waals surface area contributed by atoms with E-state index in [1.54, 1.807) is 24.3 Å². The predicted molar refractivity (Wildman–Crippen MR) is 154 cm³/mol. The van der Waals surface area contributed by atoms with Crippen LogP contribution in [0.2, 0.25) is 0 Å². The van der Waals surface area contributed by atoms with E-state index in [4.69, 9.17) is 20.9 Å². The third kappa shape index (κ3) is 5.98. The Hall–Kier alpha value is -3.73. The maximum Gasteiger partial charge on any atom is 0.264 e. The molecule has 1 saturated heterocycles. The normalized spacial score (nSPS) is 14.5. The van der Waals surface area contributed by atoms with Gasteiger partial charge in [0.2, 0.25) is 0 Å². The Balaban J connectivity index is 1.41. The highest BCUT2D eigenvalue weighted by Gasteiger charge is 2.26. The molecule has 1 fully saturated rings. The Morgan fingerprint density at radius 1 is 1.03 bits per heavy atom. The van der Waals surface area contributed by atoms with E-state index in [1.807, 2.05) is 55.6 Å². The first-order valence-electron chi connectivity index (χ1n) is 13.1. The van der Waals surface area contributed by atoms with Crippen LogP contribution in [0.1, 0.15) is 17.0 Å². The molecular formula is C29H34N6O3S. The number of fused-ring (bicyclic) bond motifs is 1. The zero-order valence-corrected chi connectivity index (χ0v) is 22.9. The van der Waals surface area contributed by atoms with Crippen molar-refractivity contribution in [2.75, 3.05) is 43.7 Å².